The summed E-state index contributed by atoms with van der Waals surface area (Å²) in [4.78, 5) is 26.8. The third-order valence-corrected chi connectivity index (χ3v) is 5.98. The molecule has 6 nitrogen and oxygen atoms in total. The molecule has 35 heavy (non-hydrogen) atoms. The van der Waals surface area contributed by atoms with Crippen LogP contribution in [-0.4, -0.2) is 26.8 Å². The number of hydrogen-bond acceptors (Lipinski definition) is 3. The van der Waals surface area contributed by atoms with Crippen LogP contribution in [-0.2, 0) is 12.6 Å². The second kappa shape index (κ2) is 8.38. The summed E-state index contributed by atoms with van der Waals surface area (Å²) in [5, 5.41) is 3.36. The van der Waals surface area contributed by atoms with E-state index in [1.54, 1.807) is 42.6 Å². The van der Waals surface area contributed by atoms with Gasteiger partial charge < -0.3 is 4.90 Å². The third-order valence-electron chi connectivity index (χ3n) is 5.69. The minimum absolute atomic E-state index is 0.00455. The fourth-order valence-electron chi connectivity index (χ4n) is 4.07. The second-order valence-electron chi connectivity index (χ2n) is 7.82. The van der Waals surface area contributed by atoms with Gasteiger partial charge in [-0.25, -0.2) is 9.07 Å². The number of fused-ring (bicyclic) bond motifs is 1. The molecule has 0 spiro atoms. The zero-order valence-electron chi connectivity index (χ0n) is 17.8. The molecule has 1 amide bonds. The van der Waals surface area contributed by atoms with E-state index in [4.69, 9.17) is 11.6 Å². The summed E-state index contributed by atoms with van der Waals surface area (Å²) in [6, 6.07) is 14.5. The van der Waals surface area contributed by atoms with Crippen molar-refractivity contribution < 1.29 is 22.4 Å². The lowest BCUT2D eigenvalue weighted by Gasteiger charge is -2.28. The Morgan fingerprint density at radius 3 is 2.26 bits per heavy atom. The van der Waals surface area contributed by atoms with E-state index in [1.165, 1.54) is 21.6 Å². The molecule has 11 heteroatoms. The van der Waals surface area contributed by atoms with Crippen LogP contribution in [0.3, 0.4) is 0 Å². The van der Waals surface area contributed by atoms with Crippen molar-refractivity contribution in [3.8, 4) is 11.4 Å². The highest BCUT2D eigenvalue weighted by Crippen LogP contribution is 2.37. The smallest absolute Gasteiger partial charge is 0.307 e. The van der Waals surface area contributed by atoms with Crippen LogP contribution in [0.1, 0.15) is 21.7 Å². The van der Waals surface area contributed by atoms with Crippen LogP contribution in [0, 0.1) is 5.82 Å². The number of rotatable bonds is 3. The number of aromatic nitrogens is 3. The number of carbonyl (C=O) groups excluding carboxylic acids is 1. The van der Waals surface area contributed by atoms with Gasteiger partial charge in [-0.1, -0.05) is 17.7 Å². The minimum Gasteiger partial charge on any atom is -0.307 e. The van der Waals surface area contributed by atoms with E-state index >= 15 is 0 Å². The van der Waals surface area contributed by atoms with E-state index in [9.17, 15) is 27.2 Å². The van der Waals surface area contributed by atoms with Gasteiger partial charge in [-0.3, -0.25) is 14.2 Å². The molecule has 0 bridgehead atoms. The Morgan fingerprint density at radius 1 is 0.914 bits per heavy atom. The molecule has 1 aliphatic rings. The van der Waals surface area contributed by atoms with Gasteiger partial charge >= 0.3 is 6.18 Å². The van der Waals surface area contributed by atoms with E-state index in [0.717, 1.165) is 16.8 Å². The topological polar surface area (TPSA) is 60.1 Å². The highest BCUT2D eigenvalue weighted by atomic mass is 35.5. The summed E-state index contributed by atoms with van der Waals surface area (Å²) in [6.45, 7) is -0.00455. The van der Waals surface area contributed by atoms with Gasteiger partial charge in [0, 0.05) is 35.7 Å². The van der Waals surface area contributed by atoms with Crippen molar-refractivity contribution in [2.45, 2.75) is 12.6 Å². The van der Waals surface area contributed by atoms with Crippen LogP contribution in [0.25, 0.3) is 11.4 Å². The summed E-state index contributed by atoms with van der Waals surface area (Å²) < 4.78 is 57.1. The van der Waals surface area contributed by atoms with Gasteiger partial charge in [0.2, 0.25) is 0 Å². The molecule has 178 valence electrons. The Bertz CT molecular complexity index is 1510. The fraction of sp³-hybridized carbons (Fsp3) is 0.125. The quantitative estimate of drug-likeness (QED) is 0.369. The lowest BCUT2D eigenvalue weighted by atomic mass is 10.0. The van der Waals surface area contributed by atoms with Crippen molar-refractivity contribution in [2.75, 3.05) is 11.4 Å². The van der Waals surface area contributed by atoms with E-state index < -0.39 is 23.6 Å². The predicted molar refractivity (Wildman–Crippen MR) is 121 cm³/mol. The minimum atomic E-state index is -4.79. The molecule has 0 aliphatic carbocycles. The number of hydrogen-bond donors (Lipinski definition) is 0. The zero-order chi connectivity index (χ0) is 24.9. The van der Waals surface area contributed by atoms with Crippen LogP contribution in [0.4, 0.5) is 23.2 Å². The van der Waals surface area contributed by atoms with Gasteiger partial charge in [0.15, 0.2) is 5.69 Å². The highest BCUT2D eigenvalue weighted by molar-refractivity contribution is 6.30. The second-order valence-corrected chi connectivity index (χ2v) is 8.22. The van der Waals surface area contributed by atoms with E-state index in [2.05, 4.69) is 5.10 Å². The predicted octanol–water partition coefficient (Wildman–Crippen LogP) is 5.04. The molecule has 0 N–H and O–H groups in total. The molecule has 0 unspecified atom stereocenters. The molecular formula is C24H15ClF4N4O2. The monoisotopic (exact) mass is 502 g/mol. The lowest BCUT2D eigenvalue weighted by molar-refractivity contribution is -0.141. The van der Waals surface area contributed by atoms with Crippen molar-refractivity contribution >= 4 is 23.2 Å². The zero-order valence-corrected chi connectivity index (χ0v) is 18.5. The van der Waals surface area contributed by atoms with Gasteiger partial charge in [0.1, 0.15) is 11.5 Å². The summed E-state index contributed by atoms with van der Waals surface area (Å²) >= 11 is 5.82. The van der Waals surface area contributed by atoms with Crippen LogP contribution < -0.4 is 10.5 Å². The Balaban J connectivity index is 1.57. The maximum Gasteiger partial charge on any atom is 0.435 e. The molecule has 2 aromatic carbocycles. The van der Waals surface area contributed by atoms with Crippen LogP contribution >= 0.6 is 11.6 Å². The number of anilines is 1. The van der Waals surface area contributed by atoms with Crippen LogP contribution in [0.5, 0.6) is 0 Å². The molecule has 1 aliphatic heterocycles. The number of benzene rings is 2. The summed E-state index contributed by atoms with van der Waals surface area (Å²) in [5.74, 6) is -1.45. The molecule has 3 heterocycles. The first kappa shape index (κ1) is 22.9. The first-order valence-electron chi connectivity index (χ1n) is 10.4. The van der Waals surface area contributed by atoms with Gasteiger partial charge in [-0.15, -0.1) is 0 Å². The number of amides is 1. The maximum absolute atomic E-state index is 13.7. The van der Waals surface area contributed by atoms with E-state index in [0.29, 0.717) is 11.4 Å². The molecule has 0 fully saturated rings. The first-order chi connectivity index (χ1) is 16.6. The Morgan fingerprint density at radius 2 is 1.60 bits per heavy atom. The third kappa shape index (κ3) is 3.99. The molecule has 5 rings (SSSR count). The SMILES string of the molecule is O=C1c2c(c(C(F)(F)F)nn2-c2ccc(F)c(Cl)c2)CCN1c1ccc(-n2ccccc2=O)cc1. The van der Waals surface area contributed by atoms with Crippen molar-refractivity contribution in [1.82, 2.24) is 14.3 Å². The Kier molecular flexibility index (Phi) is 5.47. The average molecular weight is 503 g/mol. The fourth-order valence-corrected chi connectivity index (χ4v) is 4.25. The first-order valence-corrected chi connectivity index (χ1v) is 10.8. The lowest BCUT2D eigenvalue weighted by Crippen LogP contribution is -2.39. The van der Waals surface area contributed by atoms with Crippen molar-refractivity contribution in [3.63, 3.8) is 0 Å². The molecule has 0 saturated carbocycles. The molecule has 0 atom stereocenters. The normalized spacial score (nSPS) is 13.7. The van der Waals surface area contributed by atoms with E-state index in [-0.39, 0.29) is 40.5 Å². The Hall–Kier alpha value is -3.92. The van der Waals surface area contributed by atoms with Crippen LogP contribution in [0.2, 0.25) is 5.02 Å². The molecular weight excluding hydrogens is 488 g/mol. The van der Waals surface area contributed by atoms with Crippen molar-refractivity contribution in [3.05, 3.63) is 105 Å². The van der Waals surface area contributed by atoms with Crippen molar-refractivity contribution in [1.29, 1.82) is 0 Å². The number of carbonyl (C=O) groups is 1. The largest absolute Gasteiger partial charge is 0.435 e. The number of nitrogens with zero attached hydrogens (tertiary/aromatic N) is 4. The van der Waals surface area contributed by atoms with Crippen LogP contribution in [0.15, 0.2) is 71.7 Å². The van der Waals surface area contributed by atoms with Gasteiger partial charge in [0.25, 0.3) is 11.5 Å². The van der Waals surface area contributed by atoms with E-state index in [1.807, 2.05) is 0 Å². The number of alkyl halides is 3. The number of pyridine rings is 1. The summed E-state index contributed by atoms with van der Waals surface area (Å²) in [5.41, 5.74) is -0.875. The highest BCUT2D eigenvalue weighted by Gasteiger charge is 2.43. The number of halogens is 5. The molecule has 2 aromatic heterocycles. The standard InChI is InChI=1S/C24H15ClF4N4O2/c25-18-13-16(8-9-19(18)26)33-21-17(22(30-33)24(27,28)29)10-12-32(23(21)35)15-6-4-14(5-7-15)31-11-2-1-3-20(31)34/h1-9,11,13H,10,12H2. The molecule has 0 radical (unpaired) electrons. The Labute approximate surface area is 200 Å². The summed E-state index contributed by atoms with van der Waals surface area (Å²) in [6.07, 6.45) is -3.28. The van der Waals surface area contributed by atoms with Gasteiger partial charge in [0.05, 0.1) is 10.7 Å². The molecule has 4 aromatic rings. The average Bonchev–Trinajstić information content (AvgIpc) is 3.23. The summed E-state index contributed by atoms with van der Waals surface area (Å²) in [7, 11) is 0. The maximum atomic E-state index is 13.7. The van der Waals surface area contributed by atoms with Gasteiger partial charge in [-0.05, 0) is 55.0 Å². The van der Waals surface area contributed by atoms with Gasteiger partial charge in [-0.2, -0.15) is 18.3 Å². The molecule has 0 saturated heterocycles. The van der Waals surface area contributed by atoms with Crippen molar-refractivity contribution in [2.24, 2.45) is 0 Å².